The van der Waals surface area contributed by atoms with Crippen molar-refractivity contribution in [2.75, 3.05) is 26.5 Å². The number of para-hydroxylation sites is 2. The minimum absolute atomic E-state index is 0.304. The first-order valence-corrected chi connectivity index (χ1v) is 10.2. The standard InChI is InChI=1S/C19H26O2P2/c1-19(2,13-22-17-11-7-5-9-15(17)20-3)14-23-18-12-8-6-10-16(18)21-4/h5-12,22-23H,13-14H2,1-4H3. The first-order chi connectivity index (χ1) is 11.1. The zero-order valence-corrected chi connectivity index (χ0v) is 16.3. The van der Waals surface area contributed by atoms with E-state index in [0.29, 0.717) is 5.41 Å². The molecule has 0 saturated heterocycles. The molecule has 124 valence electrons. The van der Waals surface area contributed by atoms with Gasteiger partial charge >= 0.3 is 0 Å². The van der Waals surface area contributed by atoms with Crippen LogP contribution in [-0.4, -0.2) is 26.5 Å². The van der Waals surface area contributed by atoms with Crippen LogP contribution < -0.4 is 20.1 Å². The Morgan fingerprint density at radius 3 is 1.52 bits per heavy atom. The van der Waals surface area contributed by atoms with E-state index >= 15 is 0 Å². The second-order valence-corrected chi connectivity index (χ2v) is 8.76. The van der Waals surface area contributed by atoms with Crippen LogP contribution >= 0.6 is 17.2 Å². The molecule has 0 aliphatic rings. The summed E-state index contributed by atoms with van der Waals surface area (Å²) in [4.78, 5) is 0. The maximum Gasteiger partial charge on any atom is 0.126 e. The summed E-state index contributed by atoms with van der Waals surface area (Å²) in [7, 11) is 5.04. The van der Waals surface area contributed by atoms with E-state index < -0.39 is 0 Å². The molecule has 2 atom stereocenters. The van der Waals surface area contributed by atoms with E-state index in [9.17, 15) is 0 Å². The SMILES string of the molecule is COc1ccccc1PCC(C)(C)CPc1ccccc1OC. The molecule has 0 fully saturated rings. The van der Waals surface area contributed by atoms with Gasteiger partial charge < -0.3 is 9.47 Å². The number of rotatable bonds is 8. The van der Waals surface area contributed by atoms with Crippen molar-refractivity contribution in [2.24, 2.45) is 5.41 Å². The van der Waals surface area contributed by atoms with Crippen LogP contribution in [0.3, 0.4) is 0 Å². The maximum absolute atomic E-state index is 5.46. The molecule has 2 aromatic rings. The number of methoxy groups -OCH3 is 2. The van der Waals surface area contributed by atoms with Gasteiger partial charge in [-0.15, -0.1) is 0 Å². The Kier molecular flexibility index (Phi) is 6.88. The topological polar surface area (TPSA) is 18.5 Å². The van der Waals surface area contributed by atoms with Crippen molar-refractivity contribution < 1.29 is 9.47 Å². The second kappa shape index (κ2) is 8.67. The minimum atomic E-state index is 0.304. The van der Waals surface area contributed by atoms with Crippen molar-refractivity contribution in [3.8, 4) is 11.5 Å². The Hall–Kier alpha value is -1.10. The molecule has 2 rings (SSSR count). The lowest BCUT2D eigenvalue weighted by molar-refractivity contribution is 0.418. The Bertz CT molecular complexity index is 573. The van der Waals surface area contributed by atoms with Crippen molar-refractivity contribution in [1.82, 2.24) is 0 Å². The molecule has 0 bridgehead atoms. The molecule has 2 unspecified atom stereocenters. The van der Waals surface area contributed by atoms with Gasteiger partial charge in [-0.05, 0) is 29.9 Å². The minimum Gasteiger partial charge on any atom is -0.496 e. The van der Waals surface area contributed by atoms with Gasteiger partial charge in [0.05, 0.1) is 14.2 Å². The lowest BCUT2D eigenvalue weighted by atomic mass is 10.00. The molecule has 2 nitrogen and oxygen atoms in total. The molecule has 0 amide bonds. The number of benzene rings is 2. The zero-order chi connectivity index (χ0) is 16.7. The molecule has 4 heteroatoms. The van der Waals surface area contributed by atoms with Gasteiger partial charge in [0.2, 0.25) is 0 Å². The molecule has 2 aromatic carbocycles. The van der Waals surface area contributed by atoms with Crippen molar-refractivity contribution in [3.05, 3.63) is 48.5 Å². The van der Waals surface area contributed by atoms with E-state index in [0.717, 1.165) is 28.7 Å². The van der Waals surface area contributed by atoms with Crippen LogP contribution in [-0.2, 0) is 0 Å². The molecule has 0 aliphatic heterocycles. The van der Waals surface area contributed by atoms with Crippen LogP contribution in [0.4, 0.5) is 0 Å². The highest BCUT2D eigenvalue weighted by molar-refractivity contribution is 7.48. The van der Waals surface area contributed by atoms with Crippen molar-refractivity contribution in [2.45, 2.75) is 13.8 Å². The smallest absolute Gasteiger partial charge is 0.126 e. The van der Waals surface area contributed by atoms with E-state index in [4.69, 9.17) is 9.47 Å². The summed E-state index contributed by atoms with van der Waals surface area (Å²) in [5.41, 5.74) is 0.304. The number of hydrogen-bond acceptors (Lipinski definition) is 2. The maximum atomic E-state index is 5.46. The third-order valence-electron chi connectivity index (χ3n) is 3.73. The summed E-state index contributed by atoms with van der Waals surface area (Å²) in [6.07, 6.45) is 2.35. The third kappa shape index (κ3) is 5.48. The third-order valence-corrected chi connectivity index (χ3v) is 7.58. The summed E-state index contributed by atoms with van der Waals surface area (Å²) in [5, 5.41) is 2.65. The van der Waals surface area contributed by atoms with Gasteiger partial charge in [0.1, 0.15) is 11.5 Å². The molecule has 0 radical (unpaired) electrons. The fourth-order valence-corrected chi connectivity index (χ4v) is 5.30. The summed E-state index contributed by atoms with van der Waals surface area (Å²) in [6, 6.07) is 16.7. The molecule has 23 heavy (non-hydrogen) atoms. The monoisotopic (exact) mass is 348 g/mol. The van der Waals surface area contributed by atoms with E-state index in [-0.39, 0.29) is 0 Å². The summed E-state index contributed by atoms with van der Waals surface area (Å²) in [6.45, 7) is 4.72. The van der Waals surface area contributed by atoms with Crippen LogP contribution in [0.25, 0.3) is 0 Å². The Morgan fingerprint density at radius 1 is 0.739 bits per heavy atom. The summed E-state index contributed by atoms with van der Waals surface area (Å²) >= 11 is 0. The molecule has 0 saturated carbocycles. The number of hydrogen-bond donors (Lipinski definition) is 0. The van der Waals surface area contributed by atoms with Gasteiger partial charge in [0.25, 0.3) is 0 Å². The predicted molar refractivity (Wildman–Crippen MR) is 105 cm³/mol. The molecule has 0 heterocycles. The number of ether oxygens (including phenoxy) is 2. The molecular formula is C19H26O2P2. The fraction of sp³-hybridized carbons (Fsp3) is 0.368. The van der Waals surface area contributed by atoms with Crippen LogP contribution in [0.5, 0.6) is 11.5 Å². The highest BCUT2D eigenvalue weighted by Crippen LogP contribution is 2.34. The van der Waals surface area contributed by atoms with E-state index in [2.05, 4.69) is 38.1 Å². The van der Waals surface area contributed by atoms with E-state index in [1.165, 1.54) is 22.9 Å². The highest BCUT2D eigenvalue weighted by atomic mass is 31.1. The van der Waals surface area contributed by atoms with Gasteiger partial charge in [-0.25, -0.2) is 0 Å². The average molecular weight is 348 g/mol. The normalized spacial score (nSPS) is 12.3. The van der Waals surface area contributed by atoms with Crippen LogP contribution in [0.15, 0.2) is 48.5 Å². The predicted octanol–water partition coefficient (Wildman–Crippen LogP) is 4.04. The summed E-state index contributed by atoms with van der Waals surface area (Å²) < 4.78 is 10.9. The van der Waals surface area contributed by atoms with Crippen molar-refractivity contribution in [3.63, 3.8) is 0 Å². The Morgan fingerprint density at radius 2 is 1.13 bits per heavy atom. The molecule has 0 N–H and O–H groups in total. The molecular weight excluding hydrogens is 322 g/mol. The molecule has 0 aromatic heterocycles. The molecule has 0 spiro atoms. The van der Waals surface area contributed by atoms with E-state index in [1.807, 2.05) is 24.3 Å². The fourth-order valence-electron chi connectivity index (χ4n) is 2.31. The van der Waals surface area contributed by atoms with Gasteiger partial charge in [-0.1, -0.05) is 67.4 Å². The first-order valence-electron chi connectivity index (χ1n) is 7.79. The Labute approximate surface area is 143 Å². The van der Waals surface area contributed by atoms with Crippen molar-refractivity contribution >= 4 is 27.8 Å². The van der Waals surface area contributed by atoms with Crippen LogP contribution in [0.1, 0.15) is 13.8 Å². The lowest BCUT2D eigenvalue weighted by Crippen LogP contribution is -2.20. The zero-order valence-electron chi connectivity index (χ0n) is 14.3. The first kappa shape index (κ1) is 18.2. The Balaban J connectivity index is 1.94. The average Bonchev–Trinajstić information content (AvgIpc) is 2.59. The molecule has 0 aliphatic carbocycles. The largest absolute Gasteiger partial charge is 0.496 e. The summed E-state index contributed by atoms with van der Waals surface area (Å²) in [5.74, 6) is 2.02. The second-order valence-electron chi connectivity index (χ2n) is 6.27. The van der Waals surface area contributed by atoms with Gasteiger partial charge in [0, 0.05) is 10.6 Å². The van der Waals surface area contributed by atoms with Crippen molar-refractivity contribution in [1.29, 1.82) is 0 Å². The quantitative estimate of drug-likeness (QED) is 0.671. The van der Waals surface area contributed by atoms with Gasteiger partial charge in [0.15, 0.2) is 0 Å². The lowest BCUT2D eigenvalue weighted by Gasteiger charge is -2.25. The van der Waals surface area contributed by atoms with Gasteiger partial charge in [-0.2, -0.15) is 0 Å². The van der Waals surface area contributed by atoms with Gasteiger partial charge in [-0.3, -0.25) is 0 Å². The highest BCUT2D eigenvalue weighted by Gasteiger charge is 2.19. The van der Waals surface area contributed by atoms with Crippen LogP contribution in [0.2, 0.25) is 0 Å². The van der Waals surface area contributed by atoms with Crippen LogP contribution in [0, 0.1) is 5.41 Å². The van der Waals surface area contributed by atoms with E-state index in [1.54, 1.807) is 14.2 Å².